The van der Waals surface area contributed by atoms with E-state index in [2.05, 4.69) is 0 Å². The third-order valence-electron chi connectivity index (χ3n) is 3.92. The maximum Gasteiger partial charge on any atom is 0.243 e. The molecular formula is C14H21NO6S2. The summed E-state index contributed by atoms with van der Waals surface area (Å²) >= 11 is 0. The van der Waals surface area contributed by atoms with E-state index in [1.54, 1.807) is 12.1 Å². The number of rotatable bonds is 6. The minimum atomic E-state index is -4.01. The maximum absolute atomic E-state index is 12.8. The van der Waals surface area contributed by atoms with E-state index in [9.17, 15) is 21.9 Å². The largest absolute Gasteiger partial charge is 0.395 e. The highest BCUT2D eigenvalue weighted by Crippen LogP contribution is 2.25. The molecule has 1 aromatic carbocycles. The summed E-state index contributed by atoms with van der Waals surface area (Å²) in [6.07, 6.45) is -0.531. The van der Waals surface area contributed by atoms with Gasteiger partial charge in [-0.2, -0.15) is 4.31 Å². The van der Waals surface area contributed by atoms with Crippen molar-refractivity contribution in [2.75, 3.05) is 24.7 Å². The van der Waals surface area contributed by atoms with Gasteiger partial charge in [0.1, 0.15) is 0 Å². The zero-order valence-corrected chi connectivity index (χ0v) is 14.4. The average Bonchev–Trinajstić information content (AvgIpc) is 2.77. The lowest BCUT2D eigenvalue weighted by atomic mass is 10.2. The summed E-state index contributed by atoms with van der Waals surface area (Å²) < 4.78 is 49.8. The summed E-state index contributed by atoms with van der Waals surface area (Å²) in [5.74, 6) is -0.912. The van der Waals surface area contributed by atoms with Gasteiger partial charge in [0.2, 0.25) is 10.0 Å². The zero-order valence-electron chi connectivity index (χ0n) is 12.8. The minimum Gasteiger partial charge on any atom is -0.395 e. The lowest BCUT2D eigenvalue weighted by molar-refractivity contribution is 0.117. The fourth-order valence-corrected chi connectivity index (χ4v) is 6.22. The summed E-state index contributed by atoms with van der Waals surface area (Å²) in [4.78, 5) is 0.0136. The van der Waals surface area contributed by atoms with Crippen LogP contribution >= 0.6 is 0 Å². The van der Waals surface area contributed by atoms with Gasteiger partial charge in [-0.15, -0.1) is 0 Å². The average molecular weight is 363 g/mol. The molecule has 130 valence electrons. The summed E-state index contributed by atoms with van der Waals surface area (Å²) in [5, 5.41) is 19.1. The topological polar surface area (TPSA) is 112 Å². The molecule has 0 amide bonds. The monoisotopic (exact) mass is 363 g/mol. The van der Waals surface area contributed by atoms with E-state index in [0.717, 1.165) is 16.3 Å². The van der Waals surface area contributed by atoms with Gasteiger partial charge in [0.15, 0.2) is 9.84 Å². The van der Waals surface area contributed by atoms with Gasteiger partial charge in [-0.1, -0.05) is 19.1 Å². The van der Waals surface area contributed by atoms with E-state index in [-0.39, 0.29) is 11.4 Å². The summed E-state index contributed by atoms with van der Waals surface area (Å²) in [7, 11) is -7.50. The molecule has 0 unspecified atom stereocenters. The summed E-state index contributed by atoms with van der Waals surface area (Å²) in [6.45, 7) is 1.21. The highest BCUT2D eigenvalue weighted by atomic mass is 32.2. The van der Waals surface area contributed by atoms with Crippen molar-refractivity contribution in [2.45, 2.75) is 30.4 Å². The molecule has 0 spiro atoms. The number of aliphatic hydroxyl groups is 2. The molecule has 0 aromatic heterocycles. The number of nitrogens with zero attached hydrogens (tertiary/aromatic N) is 1. The number of sulfonamides is 1. The number of aliphatic hydroxyl groups excluding tert-OH is 2. The van der Waals surface area contributed by atoms with Crippen LogP contribution in [0.3, 0.4) is 0 Å². The van der Waals surface area contributed by atoms with E-state index in [1.165, 1.54) is 12.1 Å². The first-order valence-corrected chi connectivity index (χ1v) is 10.6. The Hall–Kier alpha value is -1.00. The molecule has 23 heavy (non-hydrogen) atoms. The van der Waals surface area contributed by atoms with Crippen LogP contribution < -0.4 is 0 Å². The standard InChI is InChI=1S/C14H21NO6S2/c1-2-11-3-5-12(6-4-11)23(20,21)15(7-8-16)13-9-22(18,19)10-14(13)17/h3-6,13-14,16-17H,2,7-10H2,1H3/t13-,14+/m0/s1. The summed E-state index contributed by atoms with van der Waals surface area (Å²) in [6, 6.07) is 5.20. The predicted octanol–water partition coefficient (Wildman–Crippen LogP) is -0.610. The Morgan fingerprint density at radius 3 is 2.26 bits per heavy atom. The molecule has 0 radical (unpaired) electrons. The van der Waals surface area contributed by atoms with Crippen LogP contribution in [-0.4, -0.2) is 68.2 Å². The van der Waals surface area contributed by atoms with E-state index < -0.39 is 50.1 Å². The number of hydrogen-bond donors (Lipinski definition) is 2. The van der Waals surface area contributed by atoms with E-state index in [4.69, 9.17) is 5.11 Å². The molecule has 1 heterocycles. The van der Waals surface area contributed by atoms with E-state index in [1.807, 2.05) is 6.92 Å². The van der Waals surface area contributed by atoms with Gasteiger partial charge in [0.05, 0.1) is 35.2 Å². The molecule has 7 nitrogen and oxygen atoms in total. The number of hydrogen-bond acceptors (Lipinski definition) is 6. The minimum absolute atomic E-state index is 0.0136. The van der Waals surface area contributed by atoms with Crippen molar-refractivity contribution in [3.8, 4) is 0 Å². The van der Waals surface area contributed by atoms with Gasteiger partial charge < -0.3 is 10.2 Å². The number of aryl methyl sites for hydroxylation is 1. The fourth-order valence-electron chi connectivity index (χ4n) is 2.68. The second kappa shape index (κ2) is 6.86. The zero-order chi connectivity index (χ0) is 17.3. The highest BCUT2D eigenvalue weighted by molar-refractivity contribution is 7.92. The Kier molecular flexibility index (Phi) is 5.47. The molecule has 1 saturated heterocycles. The number of sulfone groups is 1. The van der Waals surface area contributed by atoms with E-state index >= 15 is 0 Å². The third-order valence-corrected chi connectivity index (χ3v) is 7.56. The van der Waals surface area contributed by atoms with Gasteiger partial charge >= 0.3 is 0 Å². The fraction of sp³-hybridized carbons (Fsp3) is 0.571. The molecule has 1 aromatic rings. The van der Waals surface area contributed by atoms with E-state index in [0.29, 0.717) is 0 Å². The molecule has 2 rings (SSSR count). The Balaban J connectivity index is 2.39. The summed E-state index contributed by atoms with van der Waals surface area (Å²) in [5.41, 5.74) is 0.973. The van der Waals surface area contributed by atoms with Crippen molar-refractivity contribution in [1.82, 2.24) is 4.31 Å². The second-order valence-electron chi connectivity index (χ2n) is 5.55. The Morgan fingerprint density at radius 1 is 1.22 bits per heavy atom. The van der Waals surface area contributed by atoms with Crippen LogP contribution in [0.5, 0.6) is 0 Å². The lowest BCUT2D eigenvalue weighted by Crippen LogP contribution is -2.47. The SMILES string of the molecule is CCc1ccc(S(=O)(=O)N(CCO)[C@H]2CS(=O)(=O)C[C@H]2O)cc1. The second-order valence-corrected chi connectivity index (χ2v) is 9.59. The molecule has 1 aliphatic rings. The first kappa shape index (κ1) is 18.3. The first-order chi connectivity index (χ1) is 10.7. The van der Waals surface area contributed by atoms with Crippen LogP contribution in [0.15, 0.2) is 29.2 Å². The highest BCUT2D eigenvalue weighted by Gasteiger charge is 2.44. The maximum atomic E-state index is 12.8. The van der Waals surface area contributed by atoms with Gasteiger partial charge in [-0.05, 0) is 24.1 Å². The Bertz CT molecular complexity index is 742. The Morgan fingerprint density at radius 2 is 1.83 bits per heavy atom. The Labute approximate surface area is 136 Å². The lowest BCUT2D eigenvalue weighted by Gasteiger charge is -2.28. The molecule has 1 aliphatic heterocycles. The molecular weight excluding hydrogens is 342 g/mol. The van der Waals surface area contributed by atoms with Crippen LogP contribution in [-0.2, 0) is 26.3 Å². The van der Waals surface area contributed by atoms with Crippen molar-refractivity contribution in [3.63, 3.8) is 0 Å². The van der Waals surface area contributed by atoms with Crippen LogP contribution in [0.25, 0.3) is 0 Å². The quantitative estimate of drug-likeness (QED) is 0.697. The van der Waals surface area contributed by atoms with Crippen LogP contribution in [0.4, 0.5) is 0 Å². The van der Waals surface area contributed by atoms with Crippen LogP contribution in [0.1, 0.15) is 12.5 Å². The number of benzene rings is 1. The van der Waals surface area contributed by atoms with Crippen molar-refractivity contribution in [1.29, 1.82) is 0 Å². The molecule has 1 fully saturated rings. The third kappa shape index (κ3) is 3.92. The van der Waals surface area contributed by atoms with Gasteiger partial charge in [0.25, 0.3) is 0 Å². The molecule has 9 heteroatoms. The van der Waals surface area contributed by atoms with Crippen molar-refractivity contribution >= 4 is 19.9 Å². The molecule has 0 aliphatic carbocycles. The molecule has 2 N–H and O–H groups in total. The normalized spacial score (nSPS) is 24.2. The molecule has 0 bridgehead atoms. The predicted molar refractivity (Wildman–Crippen MR) is 85.2 cm³/mol. The van der Waals surface area contributed by atoms with Crippen molar-refractivity contribution in [2.24, 2.45) is 0 Å². The van der Waals surface area contributed by atoms with Crippen LogP contribution in [0, 0.1) is 0 Å². The smallest absolute Gasteiger partial charge is 0.243 e. The van der Waals surface area contributed by atoms with Crippen molar-refractivity contribution in [3.05, 3.63) is 29.8 Å². The first-order valence-electron chi connectivity index (χ1n) is 7.31. The van der Waals surface area contributed by atoms with Crippen molar-refractivity contribution < 1.29 is 27.0 Å². The molecule has 0 saturated carbocycles. The van der Waals surface area contributed by atoms with Gasteiger partial charge in [0, 0.05) is 6.54 Å². The van der Waals surface area contributed by atoms with Gasteiger partial charge in [-0.3, -0.25) is 0 Å². The molecule has 2 atom stereocenters. The van der Waals surface area contributed by atoms with Gasteiger partial charge in [-0.25, -0.2) is 16.8 Å². The van der Waals surface area contributed by atoms with Crippen LogP contribution in [0.2, 0.25) is 0 Å².